The predicted molar refractivity (Wildman–Crippen MR) is 139 cm³/mol. The number of benzene rings is 3. The molecular formula is C28H25NS2. The molecule has 3 aromatic heterocycles. The van der Waals surface area contributed by atoms with Crippen molar-refractivity contribution >= 4 is 63.3 Å². The van der Waals surface area contributed by atoms with Gasteiger partial charge in [-0.05, 0) is 42.7 Å². The number of nitrogens with zero attached hydrogens (tertiary/aromatic N) is 1. The van der Waals surface area contributed by atoms with Crippen LogP contribution in [0.15, 0.2) is 72.8 Å². The van der Waals surface area contributed by atoms with E-state index in [1.165, 1.54) is 84.0 Å². The maximum Gasteiger partial charge on any atom is 0.110 e. The van der Waals surface area contributed by atoms with E-state index in [1.54, 1.807) is 0 Å². The van der Waals surface area contributed by atoms with Gasteiger partial charge in [0.05, 0.1) is 10.2 Å². The van der Waals surface area contributed by atoms with E-state index < -0.39 is 0 Å². The molecule has 0 bridgehead atoms. The van der Waals surface area contributed by atoms with E-state index in [2.05, 4.69) is 84.3 Å². The third-order valence-electron chi connectivity index (χ3n) is 6.31. The van der Waals surface area contributed by atoms with E-state index in [9.17, 15) is 0 Å². The lowest BCUT2D eigenvalue weighted by Crippen LogP contribution is -1.93. The molecule has 0 radical (unpaired) electrons. The van der Waals surface area contributed by atoms with Gasteiger partial charge >= 0.3 is 0 Å². The van der Waals surface area contributed by atoms with Crippen molar-refractivity contribution < 1.29 is 0 Å². The molecule has 154 valence electrons. The van der Waals surface area contributed by atoms with Crippen LogP contribution in [0, 0.1) is 0 Å². The summed E-state index contributed by atoms with van der Waals surface area (Å²) < 4.78 is 6.66. The topological polar surface area (TPSA) is 4.93 Å². The SMILES string of the molecule is CCCCCCc1ccc(-n2c3sc4ccccc4c3c3sc4ccccc4c32)cc1. The average Bonchev–Trinajstić information content (AvgIpc) is 3.45. The van der Waals surface area contributed by atoms with Crippen molar-refractivity contribution in [3.8, 4) is 5.69 Å². The van der Waals surface area contributed by atoms with Crippen LogP contribution >= 0.6 is 22.7 Å². The van der Waals surface area contributed by atoms with Crippen LogP contribution in [-0.4, -0.2) is 4.57 Å². The fourth-order valence-corrected chi connectivity index (χ4v) is 7.30. The number of unbranched alkanes of at least 4 members (excludes halogenated alkanes) is 3. The number of rotatable bonds is 6. The van der Waals surface area contributed by atoms with Gasteiger partial charge in [-0.1, -0.05) is 74.7 Å². The third kappa shape index (κ3) is 3.10. The molecule has 6 rings (SSSR count). The highest BCUT2D eigenvalue weighted by atomic mass is 32.1. The summed E-state index contributed by atoms with van der Waals surface area (Å²) in [6.45, 7) is 2.27. The molecule has 0 saturated carbocycles. The molecule has 3 heteroatoms. The van der Waals surface area contributed by atoms with Crippen molar-refractivity contribution in [1.82, 2.24) is 4.57 Å². The maximum absolute atomic E-state index is 2.51. The van der Waals surface area contributed by atoms with Crippen LogP contribution in [0.5, 0.6) is 0 Å². The second kappa shape index (κ2) is 7.81. The number of hydrogen-bond donors (Lipinski definition) is 0. The van der Waals surface area contributed by atoms with E-state index in [0.29, 0.717) is 0 Å². The number of fused-ring (bicyclic) bond motifs is 7. The van der Waals surface area contributed by atoms with Crippen molar-refractivity contribution in [3.05, 3.63) is 78.4 Å². The van der Waals surface area contributed by atoms with Crippen molar-refractivity contribution in [1.29, 1.82) is 0 Å². The van der Waals surface area contributed by atoms with Gasteiger partial charge in [0.2, 0.25) is 0 Å². The first-order valence-electron chi connectivity index (χ1n) is 11.3. The molecular weight excluding hydrogens is 414 g/mol. The Morgan fingerprint density at radius 3 is 2.19 bits per heavy atom. The highest BCUT2D eigenvalue weighted by Gasteiger charge is 2.21. The summed E-state index contributed by atoms with van der Waals surface area (Å²) in [6, 6.07) is 27.0. The van der Waals surface area contributed by atoms with Gasteiger partial charge in [0, 0.05) is 31.2 Å². The van der Waals surface area contributed by atoms with Crippen LogP contribution in [0.3, 0.4) is 0 Å². The Labute approximate surface area is 190 Å². The average molecular weight is 440 g/mol. The van der Waals surface area contributed by atoms with Gasteiger partial charge in [-0.2, -0.15) is 0 Å². The van der Waals surface area contributed by atoms with Gasteiger partial charge in [-0.25, -0.2) is 0 Å². The van der Waals surface area contributed by atoms with Crippen LogP contribution in [0.4, 0.5) is 0 Å². The molecule has 0 N–H and O–H groups in total. The highest BCUT2D eigenvalue weighted by Crippen LogP contribution is 2.47. The molecule has 0 atom stereocenters. The maximum atomic E-state index is 2.51. The quantitative estimate of drug-likeness (QED) is 0.228. The van der Waals surface area contributed by atoms with Crippen molar-refractivity contribution in [2.24, 2.45) is 0 Å². The van der Waals surface area contributed by atoms with Gasteiger partial charge in [0.1, 0.15) is 4.83 Å². The molecule has 6 aromatic rings. The summed E-state index contributed by atoms with van der Waals surface area (Å²) in [4.78, 5) is 1.36. The number of aryl methyl sites for hydroxylation is 1. The summed E-state index contributed by atoms with van der Waals surface area (Å²) in [6.07, 6.45) is 6.44. The molecule has 3 aromatic carbocycles. The Morgan fingerprint density at radius 1 is 0.710 bits per heavy atom. The fraction of sp³-hybridized carbons (Fsp3) is 0.214. The van der Waals surface area contributed by atoms with Crippen LogP contribution in [0.2, 0.25) is 0 Å². The molecule has 31 heavy (non-hydrogen) atoms. The molecule has 0 amide bonds. The number of hydrogen-bond acceptors (Lipinski definition) is 2. The standard InChI is InChI=1S/C28H25NS2/c1-2-3-4-5-10-19-15-17-20(18-16-19)29-26-22-12-7-9-14-24(22)30-27(26)25-21-11-6-8-13-23(21)31-28(25)29/h6-9,11-18H,2-5,10H2,1H3. The van der Waals surface area contributed by atoms with E-state index in [0.717, 1.165) is 0 Å². The summed E-state index contributed by atoms with van der Waals surface area (Å²) in [7, 11) is 0. The van der Waals surface area contributed by atoms with Crippen LogP contribution in [0.1, 0.15) is 38.2 Å². The Balaban J connectivity index is 1.56. The van der Waals surface area contributed by atoms with Crippen molar-refractivity contribution in [2.45, 2.75) is 39.0 Å². The molecule has 0 saturated heterocycles. The Morgan fingerprint density at radius 2 is 1.42 bits per heavy atom. The summed E-state index contributed by atoms with van der Waals surface area (Å²) in [5.41, 5.74) is 4.08. The number of aromatic nitrogens is 1. The second-order valence-electron chi connectivity index (χ2n) is 8.37. The summed E-state index contributed by atoms with van der Waals surface area (Å²) in [5, 5.41) is 4.16. The van der Waals surface area contributed by atoms with Gasteiger partial charge in [0.25, 0.3) is 0 Å². The van der Waals surface area contributed by atoms with E-state index in [-0.39, 0.29) is 0 Å². The summed E-state index contributed by atoms with van der Waals surface area (Å²) in [5.74, 6) is 0. The first-order chi connectivity index (χ1) is 15.3. The predicted octanol–water partition coefficient (Wildman–Crippen LogP) is 9.34. The molecule has 0 aliphatic rings. The molecule has 0 spiro atoms. The minimum atomic E-state index is 1.18. The summed E-state index contributed by atoms with van der Waals surface area (Å²) >= 11 is 3.85. The van der Waals surface area contributed by atoms with Crippen LogP contribution in [0.25, 0.3) is 46.3 Å². The van der Waals surface area contributed by atoms with Gasteiger partial charge in [-0.3, -0.25) is 4.57 Å². The normalized spacial score (nSPS) is 12.0. The van der Waals surface area contributed by atoms with Crippen LogP contribution < -0.4 is 0 Å². The fourth-order valence-electron chi connectivity index (χ4n) is 4.75. The smallest absolute Gasteiger partial charge is 0.110 e. The van der Waals surface area contributed by atoms with Gasteiger partial charge in [-0.15, -0.1) is 22.7 Å². The first kappa shape index (κ1) is 19.1. The van der Waals surface area contributed by atoms with Gasteiger partial charge in [0.15, 0.2) is 0 Å². The molecule has 0 fully saturated rings. The molecule has 0 aliphatic carbocycles. The van der Waals surface area contributed by atoms with Crippen molar-refractivity contribution in [3.63, 3.8) is 0 Å². The Bertz CT molecular complexity index is 1510. The van der Waals surface area contributed by atoms with Gasteiger partial charge < -0.3 is 0 Å². The minimum absolute atomic E-state index is 1.18. The minimum Gasteiger partial charge on any atom is -0.299 e. The zero-order valence-corrected chi connectivity index (χ0v) is 19.4. The van der Waals surface area contributed by atoms with Crippen molar-refractivity contribution in [2.75, 3.05) is 0 Å². The lowest BCUT2D eigenvalue weighted by molar-refractivity contribution is 0.667. The molecule has 0 aliphatic heterocycles. The zero-order chi connectivity index (χ0) is 20.8. The molecule has 1 nitrogen and oxygen atoms in total. The molecule has 3 heterocycles. The van der Waals surface area contributed by atoms with E-state index >= 15 is 0 Å². The lowest BCUT2D eigenvalue weighted by atomic mass is 10.1. The Kier molecular flexibility index (Phi) is 4.81. The zero-order valence-electron chi connectivity index (χ0n) is 17.7. The first-order valence-corrected chi connectivity index (χ1v) is 12.9. The largest absolute Gasteiger partial charge is 0.299 e. The number of thiophene rings is 2. The van der Waals surface area contributed by atoms with Crippen LogP contribution in [-0.2, 0) is 6.42 Å². The molecule has 0 unspecified atom stereocenters. The van der Waals surface area contributed by atoms with E-state index in [4.69, 9.17) is 0 Å². The monoisotopic (exact) mass is 439 g/mol. The lowest BCUT2D eigenvalue weighted by Gasteiger charge is -2.08. The Hall–Kier alpha value is -2.62. The highest BCUT2D eigenvalue weighted by molar-refractivity contribution is 7.30. The third-order valence-corrected chi connectivity index (χ3v) is 8.65. The van der Waals surface area contributed by atoms with E-state index in [1.807, 2.05) is 22.7 Å². The second-order valence-corrected chi connectivity index (χ2v) is 10.4.